The van der Waals surface area contributed by atoms with Crippen LogP contribution in [-0.4, -0.2) is 58.8 Å². The normalized spacial score (nSPS) is 16.5. The molecule has 1 atom stereocenters. The minimum atomic E-state index is -0.313. The molecule has 4 heterocycles. The summed E-state index contributed by atoms with van der Waals surface area (Å²) in [6.07, 6.45) is 5.88. The Bertz CT molecular complexity index is 1530. The van der Waals surface area contributed by atoms with E-state index in [0.717, 1.165) is 55.2 Å². The highest BCUT2D eigenvalue weighted by Gasteiger charge is 2.31. The van der Waals surface area contributed by atoms with Gasteiger partial charge < -0.3 is 20.9 Å². The topological polar surface area (TPSA) is 108 Å². The van der Waals surface area contributed by atoms with E-state index in [9.17, 15) is 4.79 Å². The zero-order valence-corrected chi connectivity index (χ0v) is 22.5. The summed E-state index contributed by atoms with van der Waals surface area (Å²) in [4.78, 5) is 34.2. The van der Waals surface area contributed by atoms with E-state index in [4.69, 9.17) is 4.84 Å². The smallest absolute Gasteiger partial charge is 0.346 e. The summed E-state index contributed by atoms with van der Waals surface area (Å²) in [5.74, 6) is 7.64. The zero-order chi connectivity index (χ0) is 27.9. The van der Waals surface area contributed by atoms with E-state index < -0.39 is 0 Å². The van der Waals surface area contributed by atoms with Crippen LogP contribution >= 0.6 is 0 Å². The summed E-state index contributed by atoms with van der Waals surface area (Å²) >= 11 is 0. The number of carbonyl (C=O) groups excluding carboxylic acids is 1. The molecule has 0 saturated carbocycles. The number of carbonyl (C=O) groups is 1. The van der Waals surface area contributed by atoms with Gasteiger partial charge >= 0.3 is 6.03 Å². The lowest BCUT2D eigenvalue weighted by molar-refractivity contribution is -0.0829. The number of benzene rings is 2. The van der Waals surface area contributed by atoms with E-state index in [-0.39, 0.29) is 12.1 Å². The minimum absolute atomic E-state index is 0.121. The van der Waals surface area contributed by atoms with Crippen molar-refractivity contribution < 1.29 is 9.63 Å². The number of hydroxylamine groups is 2. The molecule has 2 aliphatic rings. The van der Waals surface area contributed by atoms with Crippen LogP contribution < -0.4 is 20.9 Å². The Morgan fingerprint density at radius 2 is 1.68 bits per heavy atom. The molecule has 206 valence electrons. The molecule has 41 heavy (non-hydrogen) atoms. The van der Waals surface area contributed by atoms with Gasteiger partial charge in [0.1, 0.15) is 5.82 Å². The van der Waals surface area contributed by atoms with Crippen molar-refractivity contribution in [1.82, 2.24) is 25.3 Å². The number of hydrogen-bond acceptors (Lipinski definition) is 8. The fourth-order valence-corrected chi connectivity index (χ4v) is 4.77. The summed E-state index contributed by atoms with van der Waals surface area (Å²) in [5, 5.41) is 10.9. The first-order valence-electron chi connectivity index (χ1n) is 13.6. The van der Waals surface area contributed by atoms with Crippen molar-refractivity contribution in [2.75, 3.05) is 48.3 Å². The number of pyridine rings is 1. The molecular weight excluding hydrogens is 516 g/mol. The molecule has 6 rings (SSSR count). The van der Waals surface area contributed by atoms with E-state index in [0.29, 0.717) is 23.8 Å². The Balaban J connectivity index is 1.06. The molecule has 0 aliphatic carbocycles. The molecule has 3 N–H and O–H groups in total. The van der Waals surface area contributed by atoms with Crippen LogP contribution in [0, 0.1) is 11.8 Å². The van der Waals surface area contributed by atoms with Gasteiger partial charge in [0.2, 0.25) is 5.95 Å². The van der Waals surface area contributed by atoms with Gasteiger partial charge in [0.15, 0.2) is 0 Å². The van der Waals surface area contributed by atoms with Crippen LogP contribution in [0.1, 0.15) is 29.2 Å². The minimum Gasteiger partial charge on any atom is -0.354 e. The van der Waals surface area contributed by atoms with Crippen LogP contribution in [0.25, 0.3) is 0 Å². The number of amides is 2. The highest BCUT2D eigenvalue weighted by atomic mass is 16.7. The van der Waals surface area contributed by atoms with Gasteiger partial charge in [-0.3, -0.25) is 4.84 Å². The van der Waals surface area contributed by atoms with Gasteiger partial charge in [0, 0.05) is 56.2 Å². The van der Waals surface area contributed by atoms with Crippen LogP contribution in [-0.2, 0) is 4.84 Å². The second-order valence-electron chi connectivity index (χ2n) is 9.70. The van der Waals surface area contributed by atoms with Crippen LogP contribution in [0.4, 0.5) is 27.9 Å². The lowest BCUT2D eigenvalue weighted by Gasteiger charge is -2.28. The molecule has 2 aromatic carbocycles. The largest absolute Gasteiger partial charge is 0.354 e. The number of anilines is 4. The fraction of sp³-hybridized carbons (Fsp3) is 0.226. The maximum absolute atomic E-state index is 13.0. The third-order valence-corrected chi connectivity index (χ3v) is 6.85. The first-order chi connectivity index (χ1) is 20.2. The number of urea groups is 1. The van der Waals surface area contributed by atoms with Crippen molar-refractivity contribution in [3.8, 4) is 11.8 Å². The van der Waals surface area contributed by atoms with Crippen LogP contribution in [0.15, 0.2) is 85.3 Å². The predicted molar refractivity (Wildman–Crippen MR) is 158 cm³/mol. The maximum Gasteiger partial charge on any atom is 0.346 e. The number of aromatic nitrogens is 3. The number of hydrogen-bond donors (Lipinski definition) is 3. The first-order valence-corrected chi connectivity index (χ1v) is 13.6. The van der Waals surface area contributed by atoms with Crippen molar-refractivity contribution in [3.63, 3.8) is 0 Å². The van der Waals surface area contributed by atoms with Gasteiger partial charge in [-0.1, -0.05) is 48.2 Å². The summed E-state index contributed by atoms with van der Waals surface area (Å²) in [6, 6.07) is 20.8. The molecule has 10 nitrogen and oxygen atoms in total. The average molecular weight is 547 g/mol. The molecule has 2 aromatic heterocycles. The van der Waals surface area contributed by atoms with E-state index in [1.165, 1.54) is 5.06 Å². The van der Waals surface area contributed by atoms with Crippen LogP contribution in [0.2, 0.25) is 0 Å². The van der Waals surface area contributed by atoms with Gasteiger partial charge in [-0.15, -0.1) is 0 Å². The number of rotatable bonds is 5. The Morgan fingerprint density at radius 1 is 0.878 bits per heavy atom. The Hall–Kier alpha value is -4.98. The van der Waals surface area contributed by atoms with Crippen molar-refractivity contribution in [2.24, 2.45) is 0 Å². The van der Waals surface area contributed by atoms with E-state index >= 15 is 0 Å². The average Bonchev–Trinajstić information content (AvgIpc) is 3.53. The second kappa shape index (κ2) is 12.5. The Labute approximate surface area is 238 Å². The molecular formula is C31H30N8O2. The number of piperazine rings is 1. The maximum atomic E-state index is 13.0. The van der Waals surface area contributed by atoms with Gasteiger partial charge in [0.05, 0.1) is 30.1 Å². The van der Waals surface area contributed by atoms with E-state index in [1.807, 2.05) is 66.7 Å². The molecule has 0 unspecified atom stereocenters. The van der Waals surface area contributed by atoms with Crippen molar-refractivity contribution in [3.05, 3.63) is 102 Å². The number of nitrogens with zero attached hydrogens (tertiary/aromatic N) is 5. The predicted octanol–water partition coefficient (Wildman–Crippen LogP) is 4.34. The molecule has 2 fully saturated rings. The summed E-state index contributed by atoms with van der Waals surface area (Å²) in [7, 11) is 0. The summed E-state index contributed by atoms with van der Waals surface area (Å²) in [6.45, 7) is 4.34. The molecule has 2 aliphatic heterocycles. The standard InChI is InChI=1S/C31H30N8O2/c40-31(39-28(13-18-41-39)25-6-2-1-3-7-25)37-26-8-4-5-23(19-26)9-10-24-20-34-30(35-21-24)36-27-11-12-29(33-22-27)38-16-14-32-15-17-38/h1-8,11-12,19-22,28,32H,13-18H2,(H,37,40)(H,34,35,36)/t28-/m0/s1. The van der Waals surface area contributed by atoms with Gasteiger partial charge in [0.25, 0.3) is 0 Å². The Kier molecular flexibility index (Phi) is 7.98. The third kappa shape index (κ3) is 6.61. The Morgan fingerprint density at radius 3 is 2.46 bits per heavy atom. The monoisotopic (exact) mass is 546 g/mol. The molecule has 10 heteroatoms. The van der Waals surface area contributed by atoms with Crippen molar-refractivity contribution >= 4 is 29.2 Å². The lowest BCUT2D eigenvalue weighted by Crippen LogP contribution is -2.43. The van der Waals surface area contributed by atoms with Gasteiger partial charge in [-0.25, -0.2) is 19.7 Å². The van der Waals surface area contributed by atoms with Gasteiger partial charge in [-0.2, -0.15) is 5.06 Å². The van der Waals surface area contributed by atoms with E-state index in [1.54, 1.807) is 18.6 Å². The molecule has 0 bridgehead atoms. The van der Waals surface area contributed by atoms with Gasteiger partial charge in [-0.05, 0) is 35.9 Å². The molecule has 2 saturated heterocycles. The summed E-state index contributed by atoms with van der Waals surface area (Å²) < 4.78 is 0. The molecule has 2 amide bonds. The molecule has 0 spiro atoms. The SMILES string of the molecule is O=C(Nc1cccc(C#Cc2cnc(Nc3ccc(N4CCNCC4)nc3)nc2)c1)N1OCC[C@H]1c1ccccc1. The molecule has 0 radical (unpaired) electrons. The first kappa shape index (κ1) is 26.3. The van der Waals surface area contributed by atoms with Crippen LogP contribution in [0.5, 0.6) is 0 Å². The van der Waals surface area contributed by atoms with Crippen molar-refractivity contribution in [1.29, 1.82) is 0 Å². The van der Waals surface area contributed by atoms with Crippen molar-refractivity contribution in [2.45, 2.75) is 12.5 Å². The quantitative estimate of drug-likeness (QED) is 0.318. The fourth-order valence-electron chi connectivity index (χ4n) is 4.77. The zero-order valence-electron chi connectivity index (χ0n) is 22.5. The highest BCUT2D eigenvalue weighted by molar-refractivity contribution is 5.89. The molecule has 4 aromatic rings. The summed E-state index contributed by atoms with van der Waals surface area (Å²) in [5.41, 5.74) is 3.92. The van der Waals surface area contributed by atoms with E-state index in [2.05, 4.69) is 47.6 Å². The third-order valence-electron chi connectivity index (χ3n) is 6.85. The number of nitrogens with one attached hydrogen (secondary N) is 3. The highest BCUT2D eigenvalue weighted by Crippen LogP contribution is 2.30. The van der Waals surface area contributed by atoms with Crippen LogP contribution in [0.3, 0.4) is 0 Å². The lowest BCUT2D eigenvalue weighted by atomic mass is 10.1. The second-order valence-corrected chi connectivity index (χ2v) is 9.70.